The molecule has 0 unspecified atom stereocenters. The Morgan fingerprint density at radius 3 is 2.69 bits per heavy atom. The first-order chi connectivity index (χ1) is 12.7. The Kier molecular flexibility index (Phi) is 4.22. The van der Waals surface area contributed by atoms with Crippen LogP contribution in [0, 0.1) is 5.82 Å². The summed E-state index contributed by atoms with van der Waals surface area (Å²) < 4.78 is 19.7. The number of aromatic nitrogens is 3. The minimum atomic E-state index is -0.379. The van der Waals surface area contributed by atoms with Gasteiger partial charge in [-0.3, -0.25) is 4.98 Å². The molecule has 0 amide bonds. The standard InChI is InChI=1S/C20H13ClFN3O/c1-26-20-16-9-12(4-7-18(16)24-11-25-20)14-3-2-8-23-19(14)15-10-13(21)5-6-17(15)22/h2-11H,1H3. The van der Waals surface area contributed by atoms with E-state index in [0.29, 0.717) is 22.2 Å². The number of pyridine rings is 1. The van der Waals surface area contributed by atoms with Crippen molar-refractivity contribution in [3.8, 4) is 28.3 Å². The molecule has 2 heterocycles. The maximum absolute atomic E-state index is 14.4. The van der Waals surface area contributed by atoms with Gasteiger partial charge >= 0.3 is 0 Å². The number of hydrogen-bond acceptors (Lipinski definition) is 4. The van der Waals surface area contributed by atoms with Crippen LogP contribution in [0.3, 0.4) is 0 Å². The van der Waals surface area contributed by atoms with Crippen molar-refractivity contribution in [3.63, 3.8) is 0 Å². The number of nitrogens with zero attached hydrogens (tertiary/aromatic N) is 3. The molecule has 0 atom stereocenters. The van der Waals surface area contributed by atoms with Crippen molar-refractivity contribution >= 4 is 22.5 Å². The lowest BCUT2D eigenvalue weighted by atomic mass is 9.98. The van der Waals surface area contributed by atoms with Crippen molar-refractivity contribution in [1.29, 1.82) is 0 Å². The zero-order valence-corrected chi connectivity index (χ0v) is 14.5. The van der Waals surface area contributed by atoms with Crippen LogP contribution in [0.15, 0.2) is 61.1 Å². The highest BCUT2D eigenvalue weighted by Gasteiger charge is 2.14. The fourth-order valence-electron chi connectivity index (χ4n) is 2.90. The van der Waals surface area contributed by atoms with E-state index in [1.165, 1.54) is 18.5 Å². The number of halogens is 2. The summed E-state index contributed by atoms with van der Waals surface area (Å²) in [7, 11) is 1.56. The van der Waals surface area contributed by atoms with Crippen LogP contribution in [0.2, 0.25) is 5.02 Å². The van der Waals surface area contributed by atoms with E-state index in [2.05, 4.69) is 15.0 Å². The first-order valence-electron chi connectivity index (χ1n) is 7.87. The van der Waals surface area contributed by atoms with Crippen LogP contribution in [-0.4, -0.2) is 22.1 Å². The molecular formula is C20H13ClFN3O. The molecule has 0 spiro atoms. The molecule has 128 valence electrons. The molecule has 4 nitrogen and oxygen atoms in total. The first kappa shape index (κ1) is 16.4. The van der Waals surface area contributed by atoms with Crippen molar-refractivity contribution < 1.29 is 9.13 Å². The van der Waals surface area contributed by atoms with Gasteiger partial charge in [-0.15, -0.1) is 0 Å². The Bertz CT molecular complexity index is 1120. The van der Waals surface area contributed by atoms with Gasteiger partial charge in [0.05, 0.1) is 23.7 Å². The lowest BCUT2D eigenvalue weighted by Gasteiger charge is -2.11. The van der Waals surface area contributed by atoms with Gasteiger partial charge in [0.1, 0.15) is 12.1 Å². The van der Waals surface area contributed by atoms with Crippen LogP contribution in [-0.2, 0) is 0 Å². The quantitative estimate of drug-likeness (QED) is 0.503. The third-order valence-electron chi connectivity index (χ3n) is 4.09. The van der Waals surface area contributed by atoms with E-state index in [0.717, 1.165) is 22.0 Å². The van der Waals surface area contributed by atoms with Gasteiger partial charge in [0, 0.05) is 22.3 Å². The van der Waals surface area contributed by atoms with Gasteiger partial charge in [0.25, 0.3) is 0 Å². The first-order valence-corrected chi connectivity index (χ1v) is 8.25. The Balaban J connectivity index is 1.95. The minimum Gasteiger partial charge on any atom is -0.480 e. The number of hydrogen-bond donors (Lipinski definition) is 0. The molecule has 0 radical (unpaired) electrons. The SMILES string of the molecule is COc1ncnc2ccc(-c3cccnc3-c3cc(Cl)ccc3F)cc12. The largest absolute Gasteiger partial charge is 0.480 e. The molecule has 0 fully saturated rings. The molecule has 4 aromatic rings. The molecule has 0 N–H and O–H groups in total. The fourth-order valence-corrected chi connectivity index (χ4v) is 3.07. The van der Waals surface area contributed by atoms with E-state index < -0.39 is 0 Å². The van der Waals surface area contributed by atoms with E-state index in [4.69, 9.17) is 16.3 Å². The van der Waals surface area contributed by atoms with Crippen molar-refractivity contribution in [2.45, 2.75) is 0 Å². The third-order valence-corrected chi connectivity index (χ3v) is 4.33. The smallest absolute Gasteiger partial charge is 0.224 e. The van der Waals surface area contributed by atoms with Gasteiger partial charge < -0.3 is 4.74 Å². The van der Waals surface area contributed by atoms with Gasteiger partial charge in [0.2, 0.25) is 5.88 Å². The predicted molar refractivity (Wildman–Crippen MR) is 99.7 cm³/mol. The van der Waals surface area contributed by atoms with Gasteiger partial charge in [-0.05, 0) is 42.0 Å². The van der Waals surface area contributed by atoms with Crippen molar-refractivity contribution in [3.05, 3.63) is 71.9 Å². The maximum Gasteiger partial charge on any atom is 0.224 e. The summed E-state index contributed by atoms with van der Waals surface area (Å²) in [6.45, 7) is 0. The van der Waals surface area contributed by atoms with Gasteiger partial charge in [0.15, 0.2) is 0 Å². The average Bonchev–Trinajstić information content (AvgIpc) is 2.69. The summed E-state index contributed by atoms with van der Waals surface area (Å²) in [5.74, 6) is 0.104. The Morgan fingerprint density at radius 1 is 0.962 bits per heavy atom. The molecule has 0 saturated carbocycles. The zero-order valence-electron chi connectivity index (χ0n) is 13.8. The van der Waals surface area contributed by atoms with E-state index in [1.807, 2.05) is 30.3 Å². The highest BCUT2D eigenvalue weighted by Crippen LogP contribution is 2.35. The van der Waals surface area contributed by atoms with Crippen LogP contribution >= 0.6 is 11.6 Å². The number of fused-ring (bicyclic) bond motifs is 1. The lowest BCUT2D eigenvalue weighted by Crippen LogP contribution is -1.94. The van der Waals surface area contributed by atoms with Crippen molar-refractivity contribution in [2.24, 2.45) is 0 Å². The molecule has 0 bridgehead atoms. The number of benzene rings is 2. The van der Waals surface area contributed by atoms with Crippen LogP contribution < -0.4 is 4.74 Å². The van der Waals surface area contributed by atoms with E-state index in [-0.39, 0.29) is 5.82 Å². The molecule has 2 aromatic carbocycles. The second kappa shape index (κ2) is 6.69. The number of rotatable bonds is 3. The predicted octanol–water partition coefficient (Wildman–Crippen LogP) is 5.16. The average molecular weight is 366 g/mol. The van der Waals surface area contributed by atoms with E-state index >= 15 is 0 Å². The van der Waals surface area contributed by atoms with Crippen LogP contribution in [0.1, 0.15) is 0 Å². The van der Waals surface area contributed by atoms with E-state index in [9.17, 15) is 4.39 Å². The highest BCUT2D eigenvalue weighted by molar-refractivity contribution is 6.30. The summed E-state index contributed by atoms with van der Waals surface area (Å²) in [6, 6.07) is 13.8. The van der Waals surface area contributed by atoms with Crippen LogP contribution in [0.4, 0.5) is 4.39 Å². The van der Waals surface area contributed by atoms with Gasteiger partial charge in [-0.25, -0.2) is 14.4 Å². The topological polar surface area (TPSA) is 47.9 Å². The van der Waals surface area contributed by atoms with Gasteiger partial charge in [-0.1, -0.05) is 23.7 Å². The molecule has 0 aliphatic rings. The Hall–Kier alpha value is -3.05. The zero-order chi connectivity index (χ0) is 18.1. The molecular weight excluding hydrogens is 353 g/mol. The monoisotopic (exact) mass is 365 g/mol. The summed E-state index contributed by atoms with van der Waals surface area (Å²) in [5, 5.41) is 1.22. The lowest BCUT2D eigenvalue weighted by molar-refractivity contribution is 0.402. The fraction of sp³-hybridized carbons (Fsp3) is 0.0500. The van der Waals surface area contributed by atoms with E-state index in [1.54, 1.807) is 19.4 Å². The molecule has 0 saturated heterocycles. The molecule has 0 aliphatic carbocycles. The molecule has 2 aromatic heterocycles. The molecule has 0 aliphatic heterocycles. The van der Waals surface area contributed by atoms with Crippen molar-refractivity contribution in [1.82, 2.24) is 15.0 Å². The maximum atomic E-state index is 14.4. The van der Waals surface area contributed by atoms with Crippen LogP contribution in [0.5, 0.6) is 5.88 Å². The third kappa shape index (κ3) is 2.86. The highest BCUT2D eigenvalue weighted by atomic mass is 35.5. The second-order valence-electron chi connectivity index (χ2n) is 5.64. The summed E-state index contributed by atoms with van der Waals surface area (Å²) in [5.41, 5.74) is 3.27. The summed E-state index contributed by atoms with van der Waals surface area (Å²) in [6.07, 6.45) is 3.08. The summed E-state index contributed by atoms with van der Waals surface area (Å²) in [4.78, 5) is 12.8. The molecule has 6 heteroatoms. The molecule has 26 heavy (non-hydrogen) atoms. The van der Waals surface area contributed by atoms with Gasteiger partial charge in [-0.2, -0.15) is 0 Å². The minimum absolute atomic E-state index is 0.351. The number of methoxy groups -OCH3 is 1. The number of ether oxygens (including phenoxy) is 1. The summed E-state index contributed by atoms with van der Waals surface area (Å²) >= 11 is 6.06. The second-order valence-corrected chi connectivity index (χ2v) is 6.08. The Morgan fingerprint density at radius 2 is 1.85 bits per heavy atom. The van der Waals surface area contributed by atoms with Crippen molar-refractivity contribution in [2.75, 3.05) is 7.11 Å². The Labute approximate surface area is 154 Å². The normalized spacial score (nSPS) is 10.9. The molecule has 4 rings (SSSR count). The van der Waals surface area contributed by atoms with Crippen LogP contribution in [0.25, 0.3) is 33.3 Å².